The largest absolute Gasteiger partial charge is 0.506 e. The molecule has 1 aromatic heterocycles. The zero-order valence-electron chi connectivity index (χ0n) is 13.8. The zero-order valence-corrected chi connectivity index (χ0v) is 15.4. The van der Waals surface area contributed by atoms with Gasteiger partial charge in [0, 0.05) is 17.7 Å². The molecule has 6 heteroatoms. The Morgan fingerprint density at radius 2 is 2.04 bits per heavy atom. The molecule has 4 rings (SSSR count). The van der Waals surface area contributed by atoms with Crippen molar-refractivity contribution in [2.45, 2.75) is 12.5 Å². The number of benzene rings is 2. The van der Waals surface area contributed by atoms with Crippen molar-refractivity contribution >= 4 is 32.6 Å². The van der Waals surface area contributed by atoms with Crippen molar-refractivity contribution < 1.29 is 14.3 Å². The third-order valence-corrected chi connectivity index (χ3v) is 5.09. The molecule has 1 aliphatic heterocycles. The molecule has 3 aromatic rings. The van der Waals surface area contributed by atoms with E-state index >= 15 is 0 Å². The van der Waals surface area contributed by atoms with Crippen molar-refractivity contribution in [3.63, 3.8) is 0 Å². The maximum atomic E-state index is 12.5. The van der Waals surface area contributed by atoms with Gasteiger partial charge in [-0.1, -0.05) is 30.8 Å². The summed E-state index contributed by atoms with van der Waals surface area (Å²) in [6.45, 7) is 4.52. The van der Waals surface area contributed by atoms with Crippen molar-refractivity contribution in [3.8, 4) is 11.5 Å². The van der Waals surface area contributed by atoms with E-state index in [-0.39, 0.29) is 17.4 Å². The zero-order chi connectivity index (χ0) is 18.3. The summed E-state index contributed by atoms with van der Waals surface area (Å²) in [4.78, 5) is 12.5. The topological polar surface area (TPSA) is 71.7 Å². The van der Waals surface area contributed by atoms with E-state index in [2.05, 4.69) is 27.8 Å². The maximum Gasteiger partial charge on any atom is 0.349 e. The van der Waals surface area contributed by atoms with Crippen molar-refractivity contribution in [2.75, 3.05) is 6.61 Å². The summed E-state index contributed by atoms with van der Waals surface area (Å²) in [5.41, 5.74) is 1.02. The van der Waals surface area contributed by atoms with Crippen LogP contribution in [-0.4, -0.2) is 11.7 Å². The minimum atomic E-state index is -0.639. The van der Waals surface area contributed by atoms with Crippen LogP contribution >= 0.6 is 15.9 Å². The van der Waals surface area contributed by atoms with Crippen LogP contribution in [0.2, 0.25) is 0 Å². The predicted molar refractivity (Wildman–Crippen MR) is 103 cm³/mol. The van der Waals surface area contributed by atoms with E-state index in [1.54, 1.807) is 18.2 Å². The molecule has 0 unspecified atom stereocenters. The van der Waals surface area contributed by atoms with E-state index in [1.807, 2.05) is 24.3 Å². The highest BCUT2D eigenvalue weighted by atomic mass is 79.9. The van der Waals surface area contributed by atoms with Gasteiger partial charge in [-0.05, 0) is 34.1 Å². The monoisotopic (exact) mass is 413 g/mol. The molecule has 2 aromatic carbocycles. The molecular weight excluding hydrogens is 398 g/mol. The van der Waals surface area contributed by atoms with Gasteiger partial charge in [0.2, 0.25) is 0 Å². The second-order valence-corrected chi connectivity index (χ2v) is 6.93. The standard InChI is InChI=1S/C20H16BrNO4/c1-11(22-15-9-10-25-16-8-3-2-5-12(15)16)17-18(23)13-6-4-7-14(21)19(13)26-20(17)24/h2-8,15,22-23H,1,9-10H2/t15-/m0/s1. The van der Waals surface area contributed by atoms with Gasteiger partial charge in [0.25, 0.3) is 0 Å². The normalized spacial score (nSPS) is 16.0. The molecule has 0 saturated heterocycles. The predicted octanol–water partition coefficient (Wildman–Crippen LogP) is 4.35. The summed E-state index contributed by atoms with van der Waals surface area (Å²) < 4.78 is 11.7. The molecule has 1 aliphatic rings. The van der Waals surface area contributed by atoms with Crippen molar-refractivity contribution in [1.29, 1.82) is 0 Å². The Bertz CT molecular complexity index is 1070. The molecule has 2 N–H and O–H groups in total. The molecule has 0 fully saturated rings. The third-order valence-electron chi connectivity index (χ3n) is 4.47. The molecule has 132 valence electrons. The average Bonchev–Trinajstić information content (AvgIpc) is 2.63. The smallest absolute Gasteiger partial charge is 0.349 e. The number of fused-ring (bicyclic) bond motifs is 2. The summed E-state index contributed by atoms with van der Waals surface area (Å²) in [5.74, 6) is 0.665. The first-order valence-electron chi connectivity index (χ1n) is 8.18. The van der Waals surface area contributed by atoms with Gasteiger partial charge in [-0.15, -0.1) is 0 Å². The fourth-order valence-electron chi connectivity index (χ4n) is 3.21. The summed E-state index contributed by atoms with van der Waals surface area (Å²) in [7, 11) is 0. The van der Waals surface area contributed by atoms with E-state index < -0.39 is 5.63 Å². The van der Waals surface area contributed by atoms with Crippen molar-refractivity contribution in [2.24, 2.45) is 0 Å². The number of para-hydroxylation sites is 2. The molecule has 1 atom stereocenters. The number of hydrogen-bond donors (Lipinski definition) is 2. The third kappa shape index (κ3) is 2.76. The van der Waals surface area contributed by atoms with Gasteiger partial charge in [-0.25, -0.2) is 4.79 Å². The Kier molecular flexibility index (Phi) is 4.20. The van der Waals surface area contributed by atoms with Gasteiger partial charge in [-0.2, -0.15) is 0 Å². The Hall–Kier alpha value is -2.73. The molecule has 0 bridgehead atoms. The Labute approximate surface area is 158 Å². The molecule has 0 saturated carbocycles. The highest BCUT2D eigenvalue weighted by Crippen LogP contribution is 2.36. The van der Waals surface area contributed by atoms with E-state index in [1.165, 1.54) is 0 Å². The molecule has 0 spiro atoms. The molecule has 0 amide bonds. The second-order valence-electron chi connectivity index (χ2n) is 6.08. The number of ether oxygens (including phenoxy) is 1. The first-order chi connectivity index (χ1) is 12.6. The fourth-order valence-corrected chi connectivity index (χ4v) is 3.66. The minimum absolute atomic E-state index is 0.0413. The van der Waals surface area contributed by atoms with Crippen LogP contribution in [0.1, 0.15) is 23.6 Å². The van der Waals surface area contributed by atoms with Crippen molar-refractivity contribution in [3.05, 3.63) is 75.1 Å². The van der Waals surface area contributed by atoms with Crippen LogP contribution < -0.4 is 15.7 Å². The number of nitrogens with one attached hydrogen (secondary N) is 1. The first kappa shape index (κ1) is 16.7. The summed E-state index contributed by atoms with van der Waals surface area (Å²) in [5, 5.41) is 14.3. The van der Waals surface area contributed by atoms with E-state index in [9.17, 15) is 9.90 Å². The van der Waals surface area contributed by atoms with Crippen LogP contribution in [0, 0.1) is 0 Å². The molecule has 5 nitrogen and oxygen atoms in total. The first-order valence-corrected chi connectivity index (χ1v) is 8.97. The van der Waals surface area contributed by atoms with Gasteiger partial charge in [0.15, 0.2) is 5.58 Å². The SMILES string of the molecule is C=C(N[C@H]1CCOc2ccccc21)c1c(O)c2cccc(Br)c2oc1=O. The van der Waals surface area contributed by atoms with E-state index in [0.717, 1.165) is 17.7 Å². The average molecular weight is 414 g/mol. The van der Waals surface area contributed by atoms with Crippen LogP contribution in [0.15, 0.2) is 62.7 Å². The number of halogens is 1. The summed E-state index contributed by atoms with van der Waals surface area (Å²) >= 11 is 3.33. The fraction of sp³-hybridized carbons (Fsp3) is 0.150. The van der Waals surface area contributed by atoms with Crippen LogP contribution in [0.25, 0.3) is 16.7 Å². The highest BCUT2D eigenvalue weighted by molar-refractivity contribution is 9.10. The summed E-state index contributed by atoms with van der Waals surface area (Å²) in [6, 6.07) is 12.9. The van der Waals surface area contributed by atoms with Crippen LogP contribution in [0.3, 0.4) is 0 Å². The van der Waals surface area contributed by atoms with Gasteiger partial charge in [0.1, 0.15) is 17.1 Å². The van der Waals surface area contributed by atoms with Gasteiger partial charge in [0.05, 0.1) is 22.5 Å². The lowest BCUT2D eigenvalue weighted by Crippen LogP contribution is -2.27. The number of hydrogen-bond acceptors (Lipinski definition) is 5. The molecule has 0 radical (unpaired) electrons. The minimum Gasteiger partial charge on any atom is -0.506 e. The van der Waals surface area contributed by atoms with E-state index in [0.29, 0.717) is 27.7 Å². The molecule has 0 aliphatic carbocycles. The highest BCUT2D eigenvalue weighted by Gasteiger charge is 2.24. The van der Waals surface area contributed by atoms with Gasteiger partial charge < -0.3 is 19.6 Å². The lowest BCUT2D eigenvalue weighted by atomic mass is 9.99. The lowest BCUT2D eigenvalue weighted by molar-refractivity contribution is 0.261. The van der Waals surface area contributed by atoms with Crippen molar-refractivity contribution in [1.82, 2.24) is 5.32 Å². The Morgan fingerprint density at radius 3 is 2.88 bits per heavy atom. The van der Waals surface area contributed by atoms with Crippen LogP contribution in [-0.2, 0) is 0 Å². The summed E-state index contributed by atoms with van der Waals surface area (Å²) in [6.07, 6.45) is 0.723. The Balaban J connectivity index is 1.73. The molecular formula is C20H16BrNO4. The quantitative estimate of drug-likeness (QED) is 0.624. The number of rotatable bonds is 3. The molecule has 2 heterocycles. The Morgan fingerprint density at radius 1 is 1.23 bits per heavy atom. The number of aromatic hydroxyl groups is 1. The van der Waals surface area contributed by atoms with Gasteiger partial charge >= 0.3 is 5.63 Å². The molecule has 26 heavy (non-hydrogen) atoms. The van der Waals surface area contributed by atoms with Gasteiger partial charge in [-0.3, -0.25) is 0 Å². The lowest BCUT2D eigenvalue weighted by Gasteiger charge is -2.28. The second kappa shape index (κ2) is 6.53. The van der Waals surface area contributed by atoms with Crippen LogP contribution in [0.5, 0.6) is 11.5 Å². The maximum absolute atomic E-state index is 12.5. The van der Waals surface area contributed by atoms with E-state index in [4.69, 9.17) is 9.15 Å². The van der Waals surface area contributed by atoms with Crippen LogP contribution in [0.4, 0.5) is 0 Å².